The SMILES string of the molecule is Oc1ccc(Cc2cc(C3CCCCC3)cc(Cc3ccc(O)cc3)c2O)cc1. The Labute approximate surface area is 172 Å². The van der Waals surface area contributed by atoms with Gasteiger partial charge >= 0.3 is 0 Å². The van der Waals surface area contributed by atoms with Gasteiger partial charge in [-0.2, -0.15) is 0 Å². The second-order valence-corrected chi connectivity index (χ2v) is 8.21. The molecule has 1 aliphatic rings. The normalized spacial score (nSPS) is 14.8. The second-order valence-electron chi connectivity index (χ2n) is 8.21. The lowest BCUT2D eigenvalue weighted by Crippen LogP contribution is -2.07. The fourth-order valence-corrected chi connectivity index (χ4v) is 4.40. The third kappa shape index (κ3) is 4.73. The number of benzene rings is 3. The molecule has 0 bridgehead atoms. The molecule has 3 nitrogen and oxygen atoms in total. The molecule has 0 atom stereocenters. The molecule has 0 spiro atoms. The van der Waals surface area contributed by atoms with Crippen molar-refractivity contribution in [2.24, 2.45) is 0 Å². The molecule has 3 N–H and O–H groups in total. The molecule has 0 unspecified atom stereocenters. The fraction of sp³-hybridized carbons (Fsp3) is 0.308. The highest BCUT2D eigenvalue weighted by molar-refractivity contribution is 5.49. The average Bonchev–Trinajstić information content (AvgIpc) is 2.74. The van der Waals surface area contributed by atoms with Crippen molar-refractivity contribution < 1.29 is 15.3 Å². The van der Waals surface area contributed by atoms with Crippen molar-refractivity contribution in [3.8, 4) is 17.2 Å². The molecular weight excluding hydrogens is 360 g/mol. The molecule has 0 radical (unpaired) electrons. The lowest BCUT2D eigenvalue weighted by Gasteiger charge is -2.24. The van der Waals surface area contributed by atoms with Gasteiger partial charge in [0.1, 0.15) is 17.2 Å². The number of rotatable bonds is 5. The van der Waals surface area contributed by atoms with Gasteiger partial charge in [0.2, 0.25) is 0 Å². The van der Waals surface area contributed by atoms with Crippen LogP contribution in [-0.2, 0) is 12.8 Å². The zero-order valence-electron chi connectivity index (χ0n) is 16.6. The highest BCUT2D eigenvalue weighted by atomic mass is 16.3. The van der Waals surface area contributed by atoms with Crippen LogP contribution >= 0.6 is 0 Å². The number of aromatic hydroxyl groups is 3. The van der Waals surface area contributed by atoms with Crippen LogP contribution in [-0.4, -0.2) is 15.3 Å². The molecule has 4 rings (SSSR count). The van der Waals surface area contributed by atoms with E-state index >= 15 is 0 Å². The summed E-state index contributed by atoms with van der Waals surface area (Å²) in [4.78, 5) is 0. The van der Waals surface area contributed by atoms with Gasteiger partial charge in [0, 0.05) is 12.8 Å². The van der Waals surface area contributed by atoms with Crippen LogP contribution in [0.1, 0.15) is 65.8 Å². The van der Waals surface area contributed by atoms with E-state index in [0.717, 1.165) is 22.3 Å². The zero-order valence-corrected chi connectivity index (χ0v) is 16.6. The Balaban J connectivity index is 1.69. The van der Waals surface area contributed by atoms with Gasteiger partial charge in [-0.05, 0) is 70.8 Å². The average molecular weight is 389 g/mol. The van der Waals surface area contributed by atoms with Crippen LogP contribution in [0, 0.1) is 0 Å². The number of hydrogen-bond donors (Lipinski definition) is 3. The molecular formula is C26H28O3. The fourth-order valence-electron chi connectivity index (χ4n) is 4.40. The van der Waals surface area contributed by atoms with Crippen LogP contribution < -0.4 is 0 Å². The van der Waals surface area contributed by atoms with Crippen molar-refractivity contribution in [2.45, 2.75) is 50.9 Å². The molecule has 0 saturated heterocycles. The molecule has 1 saturated carbocycles. The molecule has 1 fully saturated rings. The summed E-state index contributed by atoms with van der Waals surface area (Å²) in [6, 6.07) is 18.7. The molecule has 0 amide bonds. The van der Waals surface area contributed by atoms with Gasteiger partial charge < -0.3 is 15.3 Å². The molecule has 0 heterocycles. The van der Waals surface area contributed by atoms with Crippen molar-refractivity contribution in [2.75, 3.05) is 0 Å². The standard InChI is InChI=1S/C26H28O3/c27-24-10-6-18(7-11-24)14-22-16-21(20-4-2-1-3-5-20)17-23(26(22)29)15-19-8-12-25(28)13-9-19/h6-13,16-17,20,27-29H,1-5,14-15H2. The first-order valence-electron chi connectivity index (χ1n) is 10.5. The minimum absolute atomic E-state index is 0.252. The Hall–Kier alpha value is -2.94. The summed E-state index contributed by atoms with van der Waals surface area (Å²) in [5.41, 5.74) is 5.33. The summed E-state index contributed by atoms with van der Waals surface area (Å²) < 4.78 is 0. The Kier molecular flexibility index (Phi) is 5.75. The zero-order chi connectivity index (χ0) is 20.2. The van der Waals surface area contributed by atoms with Crippen LogP contribution in [0.4, 0.5) is 0 Å². The molecule has 3 heteroatoms. The minimum Gasteiger partial charge on any atom is -0.508 e. The minimum atomic E-state index is 0.252. The van der Waals surface area contributed by atoms with Gasteiger partial charge in [0.15, 0.2) is 0 Å². The first-order chi connectivity index (χ1) is 14.1. The molecule has 29 heavy (non-hydrogen) atoms. The van der Waals surface area contributed by atoms with Crippen LogP contribution in [0.5, 0.6) is 17.2 Å². The number of phenols is 3. The van der Waals surface area contributed by atoms with Gasteiger partial charge in [0.25, 0.3) is 0 Å². The maximum Gasteiger partial charge on any atom is 0.122 e. The Bertz CT molecular complexity index is 884. The van der Waals surface area contributed by atoms with Gasteiger partial charge in [-0.3, -0.25) is 0 Å². The van der Waals surface area contributed by atoms with E-state index in [4.69, 9.17) is 0 Å². The second kappa shape index (κ2) is 8.60. The van der Waals surface area contributed by atoms with E-state index in [0.29, 0.717) is 24.5 Å². The van der Waals surface area contributed by atoms with E-state index < -0.39 is 0 Å². The maximum atomic E-state index is 11.0. The third-order valence-electron chi connectivity index (χ3n) is 6.03. The van der Waals surface area contributed by atoms with Crippen molar-refractivity contribution in [3.63, 3.8) is 0 Å². The van der Waals surface area contributed by atoms with Crippen molar-refractivity contribution in [3.05, 3.63) is 88.5 Å². The molecule has 0 aromatic heterocycles. The first kappa shape index (κ1) is 19.4. The number of hydrogen-bond acceptors (Lipinski definition) is 3. The highest BCUT2D eigenvalue weighted by Crippen LogP contribution is 2.37. The van der Waals surface area contributed by atoms with Crippen LogP contribution in [0.3, 0.4) is 0 Å². The highest BCUT2D eigenvalue weighted by Gasteiger charge is 2.19. The summed E-state index contributed by atoms with van der Waals surface area (Å²) in [7, 11) is 0. The lowest BCUT2D eigenvalue weighted by atomic mass is 9.82. The van der Waals surface area contributed by atoms with E-state index in [1.54, 1.807) is 24.3 Å². The van der Waals surface area contributed by atoms with Crippen molar-refractivity contribution >= 4 is 0 Å². The van der Waals surface area contributed by atoms with Crippen molar-refractivity contribution in [1.29, 1.82) is 0 Å². The summed E-state index contributed by atoms with van der Waals surface area (Å²) in [6.45, 7) is 0. The predicted molar refractivity (Wildman–Crippen MR) is 116 cm³/mol. The van der Waals surface area contributed by atoms with Gasteiger partial charge in [0.05, 0.1) is 0 Å². The molecule has 1 aliphatic carbocycles. The summed E-state index contributed by atoms with van der Waals surface area (Å²) in [5.74, 6) is 1.41. The Morgan fingerprint density at radius 3 is 1.52 bits per heavy atom. The topological polar surface area (TPSA) is 60.7 Å². The van der Waals surface area contributed by atoms with Gasteiger partial charge in [-0.1, -0.05) is 55.7 Å². The number of phenolic OH excluding ortho intramolecular Hbond substituents is 3. The molecule has 150 valence electrons. The third-order valence-corrected chi connectivity index (χ3v) is 6.03. The summed E-state index contributed by atoms with van der Waals surface area (Å²) >= 11 is 0. The predicted octanol–water partition coefficient (Wildman–Crippen LogP) is 6.03. The Morgan fingerprint density at radius 1 is 0.621 bits per heavy atom. The summed E-state index contributed by atoms with van der Waals surface area (Å²) in [5, 5.41) is 30.1. The largest absolute Gasteiger partial charge is 0.508 e. The van der Waals surface area contributed by atoms with E-state index in [2.05, 4.69) is 12.1 Å². The molecule has 0 aliphatic heterocycles. The molecule has 3 aromatic carbocycles. The smallest absolute Gasteiger partial charge is 0.122 e. The van der Waals surface area contributed by atoms with E-state index in [-0.39, 0.29) is 11.5 Å². The quantitative estimate of drug-likeness (QED) is 0.500. The summed E-state index contributed by atoms with van der Waals surface area (Å²) in [6.07, 6.45) is 7.54. The van der Waals surface area contributed by atoms with Crippen LogP contribution in [0.15, 0.2) is 60.7 Å². The van der Waals surface area contributed by atoms with Crippen LogP contribution in [0.2, 0.25) is 0 Å². The maximum absolute atomic E-state index is 11.0. The lowest BCUT2D eigenvalue weighted by molar-refractivity contribution is 0.439. The van der Waals surface area contributed by atoms with E-state index in [1.807, 2.05) is 24.3 Å². The monoisotopic (exact) mass is 388 g/mol. The van der Waals surface area contributed by atoms with Crippen molar-refractivity contribution in [1.82, 2.24) is 0 Å². The first-order valence-corrected chi connectivity index (χ1v) is 10.5. The molecule has 3 aromatic rings. The van der Waals surface area contributed by atoms with E-state index in [1.165, 1.54) is 37.7 Å². The Morgan fingerprint density at radius 2 is 1.07 bits per heavy atom. The van der Waals surface area contributed by atoms with E-state index in [9.17, 15) is 15.3 Å². The van der Waals surface area contributed by atoms with Gasteiger partial charge in [-0.25, -0.2) is 0 Å². The van der Waals surface area contributed by atoms with Gasteiger partial charge in [-0.15, -0.1) is 0 Å². The van der Waals surface area contributed by atoms with Crippen LogP contribution in [0.25, 0.3) is 0 Å².